The Morgan fingerprint density at radius 1 is 1.39 bits per heavy atom. The fourth-order valence-electron chi connectivity index (χ4n) is 2.36. The summed E-state index contributed by atoms with van der Waals surface area (Å²) in [7, 11) is 1.18. The van der Waals surface area contributed by atoms with Crippen molar-refractivity contribution in [2.75, 3.05) is 40.2 Å². The molecule has 128 valence electrons. The highest BCUT2D eigenvalue weighted by Crippen LogP contribution is 2.18. The molecule has 1 aliphatic rings. The molecule has 0 spiro atoms. The van der Waals surface area contributed by atoms with E-state index < -0.39 is 10.0 Å². The minimum absolute atomic E-state index is 0.0525. The molecule has 2 atom stereocenters. The van der Waals surface area contributed by atoms with Crippen LogP contribution in [-0.4, -0.2) is 64.8 Å². The van der Waals surface area contributed by atoms with Crippen molar-refractivity contribution < 1.29 is 22.7 Å². The third-order valence-corrected chi connectivity index (χ3v) is 5.79. The topological polar surface area (TPSA) is 84.9 Å². The molecule has 1 N–H and O–H groups in total. The van der Waals surface area contributed by atoms with Crippen LogP contribution < -0.4 is 10.1 Å². The number of benzene rings is 1. The second-order valence-corrected chi connectivity index (χ2v) is 7.90. The van der Waals surface area contributed by atoms with Crippen molar-refractivity contribution in [1.82, 2.24) is 9.62 Å². The maximum Gasteiger partial charge on any atom is 0.251 e. The molecule has 0 bridgehead atoms. The van der Waals surface area contributed by atoms with Gasteiger partial charge in [-0.15, -0.1) is 0 Å². The lowest BCUT2D eigenvalue weighted by molar-refractivity contribution is 0.0925. The number of rotatable bonds is 6. The van der Waals surface area contributed by atoms with Gasteiger partial charge in [-0.05, 0) is 18.2 Å². The van der Waals surface area contributed by atoms with E-state index in [4.69, 9.17) is 9.47 Å². The van der Waals surface area contributed by atoms with Crippen LogP contribution in [0, 0.1) is 5.92 Å². The van der Waals surface area contributed by atoms with Crippen molar-refractivity contribution in [2.45, 2.75) is 6.04 Å². The summed E-state index contributed by atoms with van der Waals surface area (Å²) in [5.41, 5.74) is 0.463. The summed E-state index contributed by atoms with van der Waals surface area (Å²) >= 11 is 0. The summed E-state index contributed by atoms with van der Waals surface area (Å²) in [5, 5.41) is 2.86. The van der Waals surface area contributed by atoms with Gasteiger partial charge in [0.05, 0.1) is 32.1 Å². The molecule has 23 heavy (non-hydrogen) atoms. The Morgan fingerprint density at radius 2 is 2.13 bits per heavy atom. The fraction of sp³-hybridized carbons (Fsp3) is 0.533. The molecule has 7 nitrogen and oxygen atoms in total. The smallest absolute Gasteiger partial charge is 0.251 e. The minimum atomic E-state index is -3.34. The normalized spacial score (nSPS) is 21.4. The lowest BCUT2D eigenvalue weighted by Crippen LogP contribution is -2.43. The number of nitrogens with zero attached hydrogens (tertiary/aromatic N) is 1. The standard InChI is InChI=1S/C15H22N2O5S/c1-17(2)23(19,20)10-12-8-22-9-14(12)16-15(18)11-5-4-6-13(7-11)21-3/h4-7,12,14H,8-10H2,1-3H3,(H,16,18)/t12-,14-/m0/s1. The number of carbonyl (C=O) groups is 1. The molecule has 0 saturated carbocycles. The highest BCUT2D eigenvalue weighted by Gasteiger charge is 2.34. The van der Waals surface area contributed by atoms with Gasteiger partial charge in [-0.25, -0.2) is 12.7 Å². The lowest BCUT2D eigenvalue weighted by Gasteiger charge is -2.21. The predicted molar refractivity (Wildman–Crippen MR) is 86.0 cm³/mol. The molecule has 1 aromatic rings. The Labute approximate surface area is 136 Å². The Kier molecular flexibility index (Phi) is 5.61. The van der Waals surface area contributed by atoms with Crippen LogP contribution in [0.25, 0.3) is 0 Å². The molecular formula is C15H22N2O5S. The predicted octanol–water partition coefficient (Wildman–Crippen LogP) is 0.331. The van der Waals surface area contributed by atoms with Crippen LogP contribution in [0.15, 0.2) is 24.3 Å². The monoisotopic (exact) mass is 342 g/mol. The minimum Gasteiger partial charge on any atom is -0.497 e. The molecule has 0 aliphatic carbocycles. The Bertz CT molecular complexity index is 660. The second-order valence-electron chi connectivity index (χ2n) is 5.67. The van der Waals surface area contributed by atoms with Gasteiger partial charge in [0.2, 0.25) is 10.0 Å². The van der Waals surface area contributed by atoms with E-state index in [1.54, 1.807) is 24.3 Å². The van der Waals surface area contributed by atoms with Gasteiger partial charge < -0.3 is 14.8 Å². The van der Waals surface area contributed by atoms with Crippen molar-refractivity contribution in [3.63, 3.8) is 0 Å². The van der Waals surface area contributed by atoms with E-state index in [1.807, 2.05) is 0 Å². The van der Waals surface area contributed by atoms with Crippen molar-refractivity contribution in [3.8, 4) is 5.75 Å². The first kappa shape index (κ1) is 17.7. The van der Waals surface area contributed by atoms with Crippen LogP contribution >= 0.6 is 0 Å². The largest absolute Gasteiger partial charge is 0.497 e. The first-order chi connectivity index (χ1) is 10.8. The summed E-state index contributed by atoms with van der Waals surface area (Å²) in [4.78, 5) is 12.3. The third kappa shape index (κ3) is 4.43. The molecule has 0 unspecified atom stereocenters. The third-order valence-electron chi connectivity index (χ3n) is 3.83. The van der Waals surface area contributed by atoms with Gasteiger partial charge in [0, 0.05) is 25.6 Å². The molecule has 1 fully saturated rings. The van der Waals surface area contributed by atoms with Gasteiger partial charge in [-0.1, -0.05) is 6.07 Å². The van der Waals surface area contributed by atoms with E-state index >= 15 is 0 Å². The van der Waals surface area contributed by atoms with Crippen molar-refractivity contribution in [3.05, 3.63) is 29.8 Å². The number of sulfonamides is 1. The first-order valence-electron chi connectivity index (χ1n) is 7.26. The van der Waals surface area contributed by atoms with Gasteiger partial charge in [-0.2, -0.15) is 0 Å². The summed E-state index contributed by atoms with van der Waals surface area (Å²) in [6.07, 6.45) is 0. The Morgan fingerprint density at radius 3 is 2.78 bits per heavy atom. The average Bonchev–Trinajstić information content (AvgIpc) is 2.93. The molecule has 1 heterocycles. The Balaban J connectivity index is 2.04. The van der Waals surface area contributed by atoms with Crippen molar-refractivity contribution >= 4 is 15.9 Å². The molecule has 1 amide bonds. The van der Waals surface area contributed by atoms with Crippen LogP contribution in [-0.2, 0) is 14.8 Å². The highest BCUT2D eigenvalue weighted by atomic mass is 32.2. The van der Waals surface area contributed by atoms with E-state index in [2.05, 4.69) is 5.32 Å². The summed E-state index contributed by atoms with van der Waals surface area (Å²) < 4.78 is 35.7. The SMILES string of the molecule is COc1cccc(C(=O)N[C@H]2COC[C@H]2CS(=O)(=O)N(C)C)c1. The van der Waals surface area contributed by atoms with Gasteiger partial charge >= 0.3 is 0 Å². The fourth-order valence-corrected chi connectivity index (χ4v) is 3.53. The Hall–Kier alpha value is -1.64. The van der Waals surface area contributed by atoms with E-state index in [1.165, 1.54) is 25.5 Å². The van der Waals surface area contributed by atoms with Crippen LogP contribution in [0.5, 0.6) is 5.75 Å². The van der Waals surface area contributed by atoms with E-state index in [-0.39, 0.29) is 23.6 Å². The number of amides is 1. The van der Waals surface area contributed by atoms with E-state index in [9.17, 15) is 13.2 Å². The molecule has 2 rings (SSSR count). The molecule has 0 aromatic heterocycles. The molecule has 1 aromatic carbocycles. The molecule has 1 saturated heterocycles. The number of hydrogen-bond acceptors (Lipinski definition) is 5. The second kappa shape index (κ2) is 7.29. The number of ether oxygens (including phenoxy) is 2. The maximum absolute atomic E-state index is 12.3. The zero-order valence-electron chi connectivity index (χ0n) is 13.5. The number of carbonyl (C=O) groups excluding carboxylic acids is 1. The molecule has 1 aliphatic heterocycles. The number of methoxy groups -OCH3 is 1. The van der Waals surface area contributed by atoms with Gasteiger partial charge in [0.25, 0.3) is 5.91 Å². The van der Waals surface area contributed by atoms with Crippen molar-refractivity contribution in [2.24, 2.45) is 5.92 Å². The van der Waals surface area contributed by atoms with E-state index in [0.29, 0.717) is 24.5 Å². The van der Waals surface area contributed by atoms with Crippen LogP contribution in [0.4, 0.5) is 0 Å². The van der Waals surface area contributed by atoms with Gasteiger partial charge in [0.1, 0.15) is 5.75 Å². The average molecular weight is 342 g/mol. The molecule has 8 heteroatoms. The van der Waals surface area contributed by atoms with Crippen molar-refractivity contribution in [1.29, 1.82) is 0 Å². The quantitative estimate of drug-likeness (QED) is 0.805. The summed E-state index contributed by atoms with van der Waals surface area (Å²) in [5.74, 6) is -0.000979. The van der Waals surface area contributed by atoms with Gasteiger partial charge in [-0.3, -0.25) is 4.79 Å². The van der Waals surface area contributed by atoms with Crippen LogP contribution in [0.3, 0.4) is 0 Å². The zero-order chi connectivity index (χ0) is 17.0. The lowest BCUT2D eigenvalue weighted by atomic mass is 10.1. The highest BCUT2D eigenvalue weighted by molar-refractivity contribution is 7.89. The number of nitrogens with one attached hydrogen (secondary N) is 1. The number of hydrogen-bond donors (Lipinski definition) is 1. The van der Waals surface area contributed by atoms with Crippen LogP contribution in [0.1, 0.15) is 10.4 Å². The summed E-state index contributed by atoms with van der Waals surface area (Å²) in [6.45, 7) is 0.624. The molecule has 0 radical (unpaired) electrons. The van der Waals surface area contributed by atoms with E-state index in [0.717, 1.165) is 0 Å². The first-order valence-corrected chi connectivity index (χ1v) is 8.87. The van der Waals surface area contributed by atoms with Gasteiger partial charge in [0.15, 0.2) is 0 Å². The summed E-state index contributed by atoms with van der Waals surface area (Å²) in [6, 6.07) is 6.47. The maximum atomic E-state index is 12.3. The van der Waals surface area contributed by atoms with Crippen LogP contribution in [0.2, 0.25) is 0 Å². The zero-order valence-corrected chi connectivity index (χ0v) is 14.3. The molecular weight excluding hydrogens is 320 g/mol.